The van der Waals surface area contributed by atoms with Crippen molar-refractivity contribution in [3.63, 3.8) is 0 Å². The summed E-state index contributed by atoms with van der Waals surface area (Å²) in [7, 11) is 0. The van der Waals surface area contributed by atoms with Crippen molar-refractivity contribution >= 4 is 47.2 Å². The number of allylic oxidation sites excluding steroid dienone is 1. The number of ether oxygens (including phenoxy) is 2. The van der Waals surface area contributed by atoms with Crippen LogP contribution >= 0.6 is 23.2 Å². The van der Waals surface area contributed by atoms with Crippen LogP contribution in [0, 0.1) is 0 Å². The van der Waals surface area contributed by atoms with E-state index in [0.717, 1.165) is 11.1 Å². The molecule has 1 saturated heterocycles. The molecule has 178 valence electrons. The minimum atomic E-state index is -1.29. The molecule has 8 nitrogen and oxygen atoms in total. The third kappa shape index (κ3) is 5.89. The standard InChI is InChI=1S/C24H22Cl2N2O6/c1-3-5-16-8-15(10-19-23(31)28(12-21(29)30)24(32)27-19)11-20(33-4-2)22(16)34-13-14-6-7-17(25)18(26)9-14/h3,6-11H,1,4-5,12-13H2,2H3,(H,27,32)(H,29,30)/b19-10+. The first kappa shape index (κ1) is 25.1. The van der Waals surface area contributed by atoms with Crippen LogP contribution in [0.1, 0.15) is 23.6 Å². The highest BCUT2D eigenvalue weighted by molar-refractivity contribution is 6.42. The third-order valence-electron chi connectivity index (χ3n) is 4.75. The Balaban J connectivity index is 1.94. The number of carboxylic acid groups (broad SMARTS) is 1. The number of nitrogens with zero attached hydrogens (tertiary/aromatic N) is 1. The molecular weight excluding hydrogens is 483 g/mol. The van der Waals surface area contributed by atoms with Crippen LogP contribution < -0.4 is 14.8 Å². The average molecular weight is 505 g/mol. The maximum atomic E-state index is 12.5. The number of imide groups is 1. The van der Waals surface area contributed by atoms with Crippen LogP contribution in [0.4, 0.5) is 4.79 Å². The van der Waals surface area contributed by atoms with Crippen molar-refractivity contribution in [2.24, 2.45) is 0 Å². The molecule has 0 atom stereocenters. The van der Waals surface area contributed by atoms with E-state index >= 15 is 0 Å². The van der Waals surface area contributed by atoms with E-state index in [1.54, 1.807) is 36.4 Å². The van der Waals surface area contributed by atoms with Crippen LogP contribution in [0.15, 0.2) is 48.7 Å². The Morgan fingerprint density at radius 1 is 1.18 bits per heavy atom. The van der Waals surface area contributed by atoms with E-state index in [-0.39, 0.29) is 12.3 Å². The number of benzene rings is 2. The van der Waals surface area contributed by atoms with Crippen molar-refractivity contribution in [3.05, 3.63) is 75.4 Å². The fraction of sp³-hybridized carbons (Fsp3) is 0.208. The van der Waals surface area contributed by atoms with Crippen LogP contribution in [-0.4, -0.2) is 41.1 Å². The molecule has 1 aliphatic heterocycles. The normalized spacial score (nSPS) is 14.3. The van der Waals surface area contributed by atoms with E-state index in [4.69, 9.17) is 37.8 Å². The molecule has 10 heteroatoms. The Morgan fingerprint density at radius 2 is 1.94 bits per heavy atom. The number of amides is 3. The summed E-state index contributed by atoms with van der Waals surface area (Å²) < 4.78 is 11.9. The van der Waals surface area contributed by atoms with Crippen LogP contribution in [0.2, 0.25) is 10.0 Å². The third-order valence-corrected chi connectivity index (χ3v) is 5.49. The zero-order valence-electron chi connectivity index (χ0n) is 18.3. The van der Waals surface area contributed by atoms with Gasteiger partial charge in [0.25, 0.3) is 5.91 Å². The lowest BCUT2D eigenvalue weighted by Crippen LogP contribution is -2.35. The van der Waals surface area contributed by atoms with Crippen molar-refractivity contribution in [1.82, 2.24) is 10.2 Å². The number of nitrogens with one attached hydrogen (secondary N) is 1. The summed E-state index contributed by atoms with van der Waals surface area (Å²) in [6, 6.07) is 7.86. The van der Waals surface area contributed by atoms with Gasteiger partial charge in [-0.05, 0) is 54.8 Å². The van der Waals surface area contributed by atoms with Crippen molar-refractivity contribution in [2.75, 3.05) is 13.2 Å². The van der Waals surface area contributed by atoms with Gasteiger partial charge in [-0.1, -0.05) is 35.3 Å². The minimum absolute atomic E-state index is 0.0391. The van der Waals surface area contributed by atoms with Crippen LogP contribution in [0.25, 0.3) is 6.08 Å². The van der Waals surface area contributed by atoms with Gasteiger partial charge < -0.3 is 19.9 Å². The Bertz CT molecular complexity index is 1180. The van der Waals surface area contributed by atoms with Gasteiger partial charge in [0.05, 0.1) is 16.7 Å². The molecule has 1 heterocycles. The number of carbonyl (C=O) groups is 3. The van der Waals surface area contributed by atoms with Gasteiger partial charge in [0.2, 0.25) is 0 Å². The topological polar surface area (TPSA) is 105 Å². The van der Waals surface area contributed by atoms with Gasteiger partial charge in [-0.25, -0.2) is 9.69 Å². The number of rotatable bonds is 10. The summed E-state index contributed by atoms with van der Waals surface area (Å²) in [4.78, 5) is 36.0. The summed E-state index contributed by atoms with van der Waals surface area (Å²) in [5.74, 6) is -1.08. The molecule has 0 aromatic heterocycles. The monoisotopic (exact) mass is 504 g/mol. The van der Waals surface area contributed by atoms with Gasteiger partial charge in [0.1, 0.15) is 18.8 Å². The minimum Gasteiger partial charge on any atom is -0.490 e. The van der Waals surface area contributed by atoms with E-state index in [1.165, 1.54) is 6.08 Å². The van der Waals surface area contributed by atoms with Crippen molar-refractivity contribution in [3.8, 4) is 11.5 Å². The van der Waals surface area contributed by atoms with Crippen LogP contribution in [0.3, 0.4) is 0 Å². The lowest BCUT2D eigenvalue weighted by molar-refractivity contribution is -0.140. The maximum absolute atomic E-state index is 12.5. The van der Waals surface area contributed by atoms with Crippen molar-refractivity contribution in [1.29, 1.82) is 0 Å². The molecule has 0 bridgehead atoms. The zero-order valence-corrected chi connectivity index (χ0v) is 19.8. The molecule has 2 aromatic carbocycles. The second kappa shape index (κ2) is 11.1. The molecule has 1 aliphatic rings. The Labute approximate surface area is 206 Å². The number of halogens is 2. The second-order valence-corrected chi connectivity index (χ2v) is 8.06. The second-order valence-electron chi connectivity index (χ2n) is 7.24. The van der Waals surface area contributed by atoms with Gasteiger partial charge in [-0.2, -0.15) is 0 Å². The van der Waals surface area contributed by atoms with Crippen molar-refractivity contribution < 1.29 is 29.0 Å². The molecule has 0 spiro atoms. The first-order valence-electron chi connectivity index (χ1n) is 10.3. The Kier molecular flexibility index (Phi) is 8.20. The fourth-order valence-electron chi connectivity index (χ4n) is 3.30. The number of hydrogen-bond donors (Lipinski definition) is 2. The quantitative estimate of drug-likeness (QED) is 0.276. The molecule has 0 aliphatic carbocycles. The van der Waals surface area contributed by atoms with Crippen molar-refractivity contribution in [2.45, 2.75) is 20.0 Å². The molecule has 0 saturated carbocycles. The summed E-state index contributed by atoms with van der Waals surface area (Å²) in [5.41, 5.74) is 2.07. The first-order chi connectivity index (χ1) is 16.2. The maximum Gasteiger partial charge on any atom is 0.329 e. The lowest BCUT2D eigenvalue weighted by atomic mass is 10.0. The molecular formula is C24H22Cl2N2O6. The summed E-state index contributed by atoms with van der Waals surface area (Å²) >= 11 is 12.1. The molecule has 2 N–H and O–H groups in total. The summed E-state index contributed by atoms with van der Waals surface area (Å²) in [6.07, 6.45) is 3.60. The molecule has 1 fully saturated rings. The van der Waals surface area contributed by atoms with E-state index < -0.39 is 24.5 Å². The molecule has 2 aromatic rings. The SMILES string of the molecule is C=CCc1cc(/C=C2/NC(=O)N(CC(=O)O)C2=O)cc(OCC)c1OCc1ccc(Cl)c(Cl)c1. The van der Waals surface area contributed by atoms with Gasteiger partial charge in [-0.15, -0.1) is 6.58 Å². The summed E-state index contributed by atoms with van der Waals surface area (Å²) in [6.45, 7) is 5.45. The zero-order chi connectivity index (χ0) is 24.8. The smallest absolute Gasteiger partial charge is 0.329 e. The average Bonchev–Trinajstić information content (AvgIpc) is 3.03. The highest BCUT2D eigenvalue weighted by atomic mass is 35.5. The Hall–Kier alpha value is -3.49. The number of hydrogen-bond acceptors (Lipinski definition) is 5. The lowest BCUT2D eigenvalue weighted by Gasteiger charge is -2.17. The van der Waals surface area contributed by atoms with Gasteiger partial charge >= 0.3 is 12.0 Å². The van der Waals surface area contributed by atoms with E-state index in [9.17, 15) is 14.4 Å². The van der Waals surface area contributed by atoms with E-state index in [0.29, 0.717) is 45.0 Å². The van der Waals surface area contributed by atoms with Gasteiger partial charge in [0, 0.05) is 5.56 Å². The predicted molar refractivity (Wildman–Crippen MR) is 128 cm³/mol. The van der Waals surface area contributed by atoms with E-state index in [2.05, 4.69) is 11.9 Å². The highest BCUT2D eigenvalue weighted by Crippen LogP contribution is 2.36. The molecule has 0 radical (unpaired) electrons. The molecule has 3 rings (SSSR count). The largest absolute Gasteiger partial charge is 0.490 e. The van der Waals surface area contributed by atoms with Crippen LogP contribution in [0.5, 0.6) is 11.5 Å². The van der Waals surface area contributed by atoms with Crippen LogP contribution in [-0.2, 0) is 22.6 Å². The first-order valence-corrected chi connectivity index (χ1v) is 11.0. The van der Waals surface area contributed by atoms with E-state index in [1.807, 2.05) is 6.92 Å². The number of carbonyl (C=O) groups excluding carboxylic acids is 2. The number of carboxylic acids is 1. The summed E-state index contributed by atoms with van der Waals surface area (Å²) in [5, 5.41) is 12.2. The molecule has 0 unspecified atom stereocenters. The van der Waals surface area contributed by atoms with Gasteiger partial charge in [0.15, 0.2) is 11.5 Å². The highest BCUT2D eigenvalue weighted by Gasteiger charge is 2.35. The predicted octanol–water partition coefficient (Wildman–Crippen LogP) is 4.68. The number of urea groups is 1. The Morgan fingerprint density at radius 3 is 2.59 bits per heavy atom. The van der Waals surface area contributed by atoms with Gasteiger partial charge in [-0.3, -0.25) is 9.59 Å². The molecule has 3 amide bonds. The molecule has 34 heavy (non-hydrogen) atoms. The number of aliphatic carboxylic acids is 1. The fourth-order valence-corrected chi connectivity index (χ4v) is 3.62.